The van der Waals surface area contributed by atoms with Gasteiger partial charge >= 0.3 is 5.97 Å². The van der Waals surface area contributed by atoms with Gasteiger partial charge in [-0.15, -0.1) is 0 Å². The molecular formula is C15H17FN2O4. The number of benzene rings is 1. The normalized spacial score (nSPS) is 13.3. The number of fused-ring (bicyclic) bond motifs is 1. The number of nitrogens with one attached hydrogen (secondary N) is 1. The highest BCUT2D eigenvalue weighted by atomic mass is 19.1. The Morgan fingerprint density at radius 1 is 1.36 bits per heavy atom. The fourth-order valence-electron chi connectivity index (χ4n) is 2.34. The summed E-state index contributed by atoms with van der Waals surface area (Å²) in [5, 5.41) is 11.2. The molecule has 2 N–H and O–H groups in total. The van der Waals surface area contributed by atoms with Crippen molar-refractivity contribution in [2.45, 2.75) is 25.7 Å². The van der Waals surface area contributed by atoms with Crippen molar-refractivity contribution >= 4 is 23.5 Å². The van der Waals surface area contributed by atoms with Crippen molar-refractivity contribution in [1.82, 2.24) is 4.90 Å². The van der Waals surface area contributed by atoms with Crippen LogP contribution < -0.4 is 5.32 Å². The summed E-state index contributed by atoms with van der Waals surface area (Å²) in [5.41, 5.74) is 1.06. The lowest BCUT2D eigenvalue weighted by Gasteiger charge is -2.21. The Bertz CT molecular complexity index is 630. The highest BCUT2D eigenvalue weighted by molar-refractivity contribution is 5.98. The number of carboxylic acid groups (broad SMARTS) is 1. The van der Waals surface area contributed by atoms with Gasteiger partial charge in [0.15, 0.2) is 0 Å². The molecule has 1 aliphatic rings. The molecule has 0 spiro atoms. The Kier molecular flexibility index (Phi) is 4.75. The van der Waals surface area contributed by atoms with Crippen molar-refractivity contribution < 1.29 is 23.9 Å². The van der Waals surface area contributed by atoms with E-state index in [0.29, 0.717) is 24.9 Å². The minimum Gasteiger partial charge on any atom is -0.481 e. The number of carbonyl (C=O) groups is 3. The summed E-state index contributed by atoms with van der Waals surface area (Å²) in [6.07, 6.45) is 1.03. The number of nitrogens with zero attached hydrogens (tertiary/aromatic N) is 1. The van der Waals surface area contributed by atoms with Gasteiger partial charge in [0.05, 0.1) is 5.56 Å². The molecule has 0 bridgehead atoms. The summed E-state index contributed by atoms with van der Waals surface area (Å²) in [5.74, 6) is -2.30. The van der Waals surface area contributed by atoms with Gasteiger partial charge in [0, 0.05) is 32.1 Å². The number of amides is 2. The second-order valence-corrected chi connectivity index (χ2v) is 5.26. The van der Waals surface area contributed by atoms with Gasteiger partial charge in [0.2, 0.25) is 5.91 Å². The van der Waals surface area contributed by atoms with Crippen molar-refractivity contribution in [1.29, 1.82) is 0 Å². The summed E-state index contributed by atoms with van der Waals surface area (Å²) < 4.78 is 14.1. The molecule has 6 nitrogen and oxygen atoms in total. The van der Waals surface area contributed by atoms with Gasteiger partial charge in [-0.3, -0.25) is 14.4 Å². The molecule has 0 atom stereocenters. The zero-order valence-electron chi connectivity index (χ0n) is 12.2. The first kappa shape index (κ1) is 15.9. The molecule has 2 rings (SSSR count). The lowest BCUT2D eigenvalue weighted by Crippen LogP contribution is -2.29. The first-order valence-corrected chi connectivity index (χ1v) is 6.98. The van der Waals surface area contributed by atoms with Crippen molar-refractivity contribution in [3.05, 3.63) is 29.1 Å². The SMILES string of the molecule is CN(CCCC(=O)O)C(=O)c1cc2c(cc1F)NC(=O)CC2. The maximum atomic E-state index is 14.1. The number of carbonyl (C=O) groups excluding carboxylic acids is 2. The van der Waals surface area contributed by atoms with Gasteiger partial charge in [0.25, 0.3) is 5.91 Å². The summed E-state index contributed by atoms with van der Waals surface area (Å²) in [6.45, 7) is 0.235. The van der Waals surface area contributed by atoms with Crippen molar-refractivity contribution in [2.24, 2.45) is 0 Å². The smallest absolute Gasteiger partial charge is 0.303 e. The number of hydrogen-bond donors (Lipinski definition) is 2. The largest absolute Gasteiger partial charge is 0.481 e. The van der Waals surface area contributed by atoms with Crippen LogP contribution >= 0.6 is 0 Å². The lowest BCUT2D eigenvalue weighted by atomic mass is 9.99. The molecule has 22 heavy (non-hydrogen) atoms. The number of aryl methyl sites for hydroxylation is 1. The third-order valence-electron chi connectivity index (χ3n) is 3.55. The standard InChI is InChI=1S/C15H17FN2O4/c1-18(6-2-3-14(20)21)15(22)10-7-9-4-5-13(19)17-12(9)8-11(10)16/h7-8H,2-6H2,1H3,(H,17,19)(H,20,21). The zero-order valence-corrected chi connectivity index (χ0v) is 12.2. The van der Waals surface area contributed by atoms with E-state index in [2.05, 4.69) is 5.32 Å². The van der Waals surface area contributed by atoms with E-state index in [1.807, 2.05) is 0 Å². The first-order valence-electron chi connectivity index (χ1n) is 6.98. The molecule has 1 aromatic rings. The predicted molar refractivity (Wildman–Crippen MR) is 77.2 cm³/mol. The highest BCUT2D eigenvalue weighted by Crippen LogP contribution is 2.26. The molecule has 0 aliphatic carbocycles. The van der Waals surface area contributed by atoms with Crippen molar-refractivity contribution in [2.75, 3.05) is 18.9 Å². The molecule has 1 heterocycles. The van der Waals surface area contributed by atoms with Crippen LogP contribution in [0.5, 0.6) is 0 Å². The van der Waals surface area contributed by atoms with Crippen LogP contribution in [0.2, 0.25) is 0 Å². The van der Waals surface area contributed by atoms with Crippen LogP contribution in [-0.2, 0) is 16.0 Å². The second-order valence-electron chi connectivity index (χ2n) is 5.26. The van der Waals surface area contributed by atoms with Gasteiger partial charge in [-0.05, 0) is 30.5 Å². The Morgan fingerprint density at radius 2 is 2.09 bits per heavy atom. The fraction of sp³-hybridized carbons (Fsp3) is 0.400. The van der Waals surface area contributed by atoms with E-state index in [0.717, 1.165) is 11.6 Å². The van der Waals surface area contributed by atoms with Gasteiger partial charge in [-0.2, -0.15) is 0 Å². The van der Waals surface area contributed by atoms with Crippen LogP contribution in [-0.4, -0.2) is 41.4 Å². The fourth-order valence-corrected chi connectivity index (χ4v) is 2.34. The van der Waals surface area contributed by atoms with E-state index < -0.39 is 17.7 Å². The minimum absolute atomic E-state index is 0.0453. The van der Waals surface area contributed by atoms with E-state index >= 15 is 0 Å². The molecule has 0 unspecified atom stereocenters. The van der Waals surface area contributed by atoms with Crippen LogP contribution in [0.4, 0.5) is 10.1 Å². The number of rotatable bonds is 5. The maximum absolute atomic E-state index is 14.1. The molecule has 0 fully saturated rings. The van der Waals surface area contributed by atoms with Crippen LogP contribution in [0.3, 0.4) is 0 Å². The molecule has 0 saturated carbocycles. The van der Waals surface area contributed by atoms with Gasteiger partial charge in [0.1, 0.15) is 5.82 Å². The average Bonchev–Trinajstić information content (AvgIpc) is 2.45. The average molecular weight is 308 g/mol. The van der Waals surface area contributed by atoms with Crippen LogP contribution in [0, 0.1) is 5.82 Å². The molecular weight excluding hydrogens is 291 g/mol. The van der Waals surface area contributed by atoms with Gasteiger partial charge in [-0.25, -0.2) is 4.39 Å². The molecule has 1 aromatic carbocycles. The number of hydrogen-bond acceptors (Lipinski definition) is 3. The highest BCUT2D eigenvalue weighted by Gasteiger charge is 2.22. The summed E-state index contributed by atoms with van der Waals surface area (Å²) in [7, 11) is 1.50. The second kappa shape index (κ2) is 6.55. The molecule has 0 radical (unpaired) electrons. The third-order valence-corrected chi connectivity index (χ3v) is 3.55. The van der Waals surface area contributed by atoms with Gasteiger partial charge < -0.3 is 15.3 Å². The zero-order chi connectivity index (χ0) is 16.3. The lowest BCUT2D eigenvalue weighted by molar-refractivity contribution is -0.137. The number of aliphatic carboxylic acids is 1. The first-order chi connectivity index (χ1) is 10.4. The van der Waals surface area contributed by atoms with E-state index in [-0.39, 0.29) is 24.4 Å². The van der Waals surface area contributed by atoms with Crippen LogP contribution in [0.1, 0.15) is 35.2 Å². The number of carboxylic acids is 1. The van der Waals surface area contributed by atoms with Crippen molar-refractivity contribution in [3.63, 3.8) is 0 Å². The topological polar surface area (TPSA) is 86.7 Å². The third kappa shape index (κ3) is 3.60. The number of halogens is 1. The molecule has 118 valence electrons. The van der Waals surface area contributed by atoms with Gasteiger partial charge in [-0.1, -0.05) is 0 Å². The Morgan fingerprint density at radius 3 is 2.77 bits per heavy atom. The minimum atomic E-state index is -0.934. The Hall–Kier alpha value is -2.44. The van der Waals surface area contributed by atoms with Crippen LogP contribution in [0.25, 0.3) is 0 Å². The quantitative estimate of drug-likeness (QED) is 0.866. The van der Waals surface area contributed by atoms with Crippen LogP contribution in [0.15, 0.2) is 12.1 Å². The molecule has 2 amide bonds. The van der Waals surface area contributed by atoms with E-state index in [9.17, 15) is 18.8 Å². The predicted octanol–water partition coefficient (Wildman–Crippen LogP) is 1.65. The number of anilines is 1. The Balaban J connectivity index is 2.12. The summed E-state index contributed by atoms with van der Waals surface area (Å²) in [6, 6.07) is 2.62. The molecule has 0 saturated heterocycles. The monoisotopic (exact) mass is 308 g/mol. The maximum Gasteiger partial charge on any atom is 0.303 e. The molecule has 7 heteroatoms. The molecule has 0 aromatic heterocycles. The summed E-state index contributed by atoms with van der Waals surface area (Å²) >= 11 is 0. The van der Waals surface area contributed by atoms with Crippen molar-refractivity contribution in [3.8, 4) is 0 Å². The van der Waals surface area contributed by atoms with E-state index in [4.69, 9.17) is 5.11 Å². The van der Waals surface area contributed by atoms with E-state index in [1.165, 1.54) is 18.0 Å². The summed E-state index contributed by atoms with van der Waals surface area (Å²) in [4.78, 5) is 35.3. The van der Waals surface area contributed by atoms with E-state index in [1.54, 1.807) is 0 Å². The Labute approximate surface area is 126 Å². The molecule has 1 aliphatic heterocycles.